The molecule has 0 aliphatic carbocycles. The monoisotopic (exact) mass is 644 g/mol. The van der Waals surface area contributed by atoms with Crippen LogP contribution in [-0.2, 0) is 30.8 Å². The number of benzene rings is 2. The van der Waals surface area contributed by atoms with Crippen molar-refractivity contribution >= 4 is 42.5 Å². The van der Waals surface area contributed by atoms with E-state index in [0.717, 1.165) is 11.1 Å². The van der Waals surface area contributed by atoms with Gasteiger partial charge in [-0.1, -0.05) is 0 Å². The zero-order valence-electron chi connectivity index (χ0n) is 26.8. The van der Waals surface area contributed by atoms with E-state index in [4.69, 9.17) is 30.9 Å². The molecule has 4 N–H and O–H groups in total. The third-order valence-corrected chi connectivity index (χ3v) is 16.7. The van der Waals surface area contributed by atoms with Crippen LogP contribution in [0, 0.1) is 0 Å². The maximum absolute atomic E-state index is 13.2. The van der Waals surface area contributed by atoms with Crippen molar-refractivity contribution in [3.05, 3.63) is 47.5 Å². The van der Waals surface area contributed by atoms with Gasteiger partial charge in [0.2, 0.25) is 0 Å². The van der Waals surface area contributed by atoms with Gasteiger partial charge in [0, 0.05) is 46.8 Å². The molecule has 0 saturated carbocycles. The predicted octanol–water partition coefficient (Wildman–Crippen LogP) is 4.61. The summed E-state index contributed by atoms with van der Waals surface area (Å²) in [5.41, 5.74) is 14.0. The fraction of sp³-hybridized carbons (Fsp3) is 0.562. The minimum atomic E-state index is -3.40. The molecule has 2 aromatic carbocycles. The topological polar surface area (TPSA) is 163 Å². The highest BCUT2D eigenvalue weighted by Crippen LogP contribution is 2.50. The number of hydrogen-bond donors (Lipinski definition) is 2. The summed E-state index contributed by atoms with van der Waals surface area (Å²) in [5, 5.41) is -1.22. The van der Waals surface area contributed by atoms with E-state index in [1.54, 1.807) is 77.9 Å². The van der Waals surface area contributed by atoms with Gasteiger partial charge < -0.3 is 20.9 Å². The van der Waals surface area contributed by atoms with Crippen molar-refractivity contribution in [2.75, 3.05) is 24.7 Å². The third-order valence-electron chi connectivity index (χ3n) is 10.3. The fourth-order valence-electron chi connectivity index (χ4n) is 6.87. The summed E-state index contributed by atoms with van der Waals surface area (Å²) in [4.78, 5) is 9.66. The van der Waals surface area contributed by atoms with Gasteiger partial charge in [-0.2, -0.15) is 0 Å². The Balaban J connectivity index is 0.000000175. The van der Waals surface area contributed by atoms with E-state index in [9.17, 15) is 16.8 Å². The van der Waals surface area contributed by atoms with Gasteiger partial charge >= 0.3 is 0 Å². The van der Waals surface area contributed by atoms with Gasteiger partial charge in [-0.05, 0) is 91.8 Å². The number of sulfone groups is 2. The molecule has 0 aromatic heterocycles. The maximum atomic E-state index is 13.2. The Kier molecular flexibility index (Phi) is 7.48. The second kappa shape index (κ2) is 10.2. The number of nitrogen functional groups attached to an aromatic ring is 2. The number of anilines is 2. The first-order chi connectivity index (χ1) is 20.2. The molecule has 12 heteroatoms. The number of fused-ring (bicyclic) bond motifs is 6. The van der Waals surface area contributed by atoms with E-state index < -0.39 is 50.7 Å². The number of nitrogens with two attached hydrogens (primary N) is 2. The molecule has 4 aliphatic rings. The smallest absolute Gasteiger partial charge is 0.166 e. The molecule has 2 aromatic rings. The van der Waals surface area contributed by atoms with E-state index in [2.05, 4.69) is 0 Å². The van der Waals surface area contributed by atoms with Crippen molar-refractivity contribution in [2.24, 2.45) is 9.98 Å². The van der Waals surface area contributed by atoms with Crippen molar-refractivity contribution in [1.82, 2.24) is 0 Å². The quantitative estimate of drug-likeness (QED) is 0.393. The molecule has 0 spiro atoms. The summed E-state index contributed by atoms with van der Waals surface area (Å²) in [6.07, 6.45) is 0.848. The fourth-order valence-corrected chi connectivity index (χ4v) is 11.6. The van der Waals surface area contributed by atoms with E-state index >= 15 is 0 Å². The molecule has 44 heavy (non-hydrogen) atoms. The molecule has 4 aliphatic heterocycles. The molecule has 240 valence electrons. The van der Waals surface area contributed by atoms with E-state index in [1.165, 1.54) is 0 Å². The van der Waals surface area contributed by atoms with E-state index in [0.29, 0.717) is 60.4 Å². The number of hydrogen-bond acceptors (Lipinski definition) is 10. The van der Waals surface area contributed by atoms with E-state index in [1.807, 2.05) is 13.8 Å². The summed E-state index contributed by atoms with van der Waals surface area (Å²) in [7, 11) is -6.80. The third kappa shape index (κ3) is 4.54. The molecule has 0 unspecified atom stereocenters. The normalized spacial score (nSPS) is 32.0. The Morgan fingerprint density at radius 3 is 1.34 bits per heavy atom. The Morgan fingerprint density at radius 2 is 1.00 bits per heavy atom. The van der Waals surface area contributed by atoms with Crippen molar-refractivity contribution in [3.63, 3.8) is 0 Å². The maximum Gasteiger partial charge on any atom is 0.166 e. The molecule has 0 amide bonds. The first-order valence-electron chi connectivity index (χ1n) is 14.9. The lowest BCUT2D eigenvalue weighted by atomic mass is 9.86. The molecule has 6 rings (SSSR count). The number of rotatable bonds is 0. The average Bonchev–Trinajstić information content (AvgIpc) is 3.16. The zero-order chi connectivity index (χ0) is 32.7. The van der Waals surface area contributed by atoms with Gasteiger partial charge in [0.15, 0.2) is 19.7 Å². The largest absolute Gasteiger partial charge is 0.493 e. The van der Waals surface area contributed by atoms with Crippen LogP contribution in [-0.4, -0.2) is 61.5 Å². The summed E-state index contributed by atoms with van der Waals surface area (Å²) in [6, 6.07) is 10.7. The highest BCUT2D eigenvalue weighted by atomic mass is 32.2. The minimum absolute atomic E-state index is 0.362. The molecule has 4 atom stereocenters. The molecule has 0 radical (unpaired) electrons. The Bertz CT molecular complexity index is 1670. The van der Waals surface area contributed by atoms with Crippen molar-refractivity contribution in [2.45, 2.75) is 99.3 Å². The zero-order valence-corrected chi connectivity index (χ0v) is 28.4. The molecule has 4 heterocycles. The molecule has 0 bridgehead atoms. The van der Waals surface area contributed by atoms with Crippen LogP contribution in [0.2, 0.25) is 0 Å². The van der Waals surface area contributed by atoms with Crippen LogP contribution in [0.3, 0.4) is 0 Å². The van der Waals surface area contributed by atoms with Gasteiger partial charge in [0.25, 0.3) is 0 Å². The highest BCUT2D eigenvalue weighted by molar-refractivity contribution is 7.94. The summed E-state index contributed by atoms with van der Waals surface area (Å²) < 4.78 is 62.3. The molecular formula is C32H44N4O6S2. The molecule has 0 saturated heterocycles. The van der Waals surface area contributed by atoms with Crippen LogP contribution in [0.5, 0.6) is 11.5 Å². The Labute approximate surface area is 261 Å². The molecular weight excluding hydrogens is 601 g/mol. The van der Waals surface area contributed by atoms with Gasteiger partial charge in [-0.25, -0.2) is 16.8 Å². The summed E-state index contributed by atoms with van der Waals surface area (Å²) in [5.74, 6) is 1.34. The predicted molar refractivity (Wildman–Crippen MR) is 176 cm³/mol. The van der Waals surface area contributed by atoms with Crippen LogP contribution < -0.4 is 20.9 Å². The lowest BCUT2D eigenvalue weighted by molar-refractivity contribution is 0.311. The average molecular weight is 645 g/mol. The van der Waals surface area contributed by atoms with Crippen LogP contribution in [0.15, 0.2) is 46.4 Å². The number of ether oxygens (including phenoxy) is 2. The van der Waals surface area contributed by atoms with Gasteiger partial charge in [-0.15, -0.1) is 0 Å². The van der Waals surface area contributed by atoms with Crippen molar-refractivity contribution in [3.8, 4) is 11.5 Å². The van der Waals surface area contributed by atoms with E-state index in [-0.39, 0.29) is 0 Å². The van der Waals surface area contributed by atoms with Crippen molar-refractivity contribution < 1.29 is 26.3 Å². The minimum Gasteiger partial charge on any atom is -0.493 e. The summed E-state index contributed by atoms with van der Waals surface area (Å²) in [6.45, 7) is 15.0. The number of aliphatic imine (C=N–C) groups is 2. The van der Waals surface area contributed by atoms with Gasteiger partial charge in [0.1, 0.15) is 32.1 Å². The lowest BCUT2D eigenvalue weighted by Gasteiger charge is -2.43. The van der Waals surface area contributed by atoms with Crippen LogP contribution in [0.1, 0.15) is 79.4 Å². The standard InChI is InChI=1S/2C16H22N2O3S/c2*1-10-15(2,3)22(19,20)14-7-8-21-13-6-5-11(17)9-12(13)16(14,4)18-10/h2*5-6,9,14H,7-8,17H2,1-4H3/t14-,16+;14-,16-/m01/s1. The van der Waals surface area contributed by atoms with Gasteiger partial charge in [0.05, 0.1) is 23.7 Å². The van der Waals surface area contributed by atoms with Gasteiger partial charge in [-0.3, -0.25) is 9.98 Å². The van der Waals surface area contributed by atoms with Crippen LogP contribution in [0.4, 0.5) is 11.4 Å². The van der Waals surface area contributed by atoms with Crippen molar-refractivity contribution in [1.29, 1.82) is 0 Å². The van der Waals surface area contributed by atoms with Crippen LogP contribution >= 0.6 is 0 Å². The second-order valence-corrected chi connectivity index (χ2v) is 18.9. The SMILES string of the molecule is CC1=N[C@]2(C)c3cc(N)ccc3OCC[C@@H]2S(=O)(=O)C1(C)C.CC1=N[C@]2(C)c3cc(N)ccc3OCC[C@H]2S(=O)(=O)C1(C)C. The molecule has 10 nitrogen and oxygen atoms in total. The first kappa shape index (κ1) is 32.3. The molecule has 0 fully saturated rings. The Morgan fingerprint density at radius 1 is 0.659 bits per heavy atom. The summed E-state index contributed by atoms with van der Waals surface area (Å²) >= 11 is 0. The first-order valence-corrected chi connectivity index (χ1v) is 18.0. The van der Waals surface area contributed by atoms with Crippen LogP contribution in [0.25, 0.3) is 0 Å². The number of nitrogens with zero attached hydrogens (tertiary/aromatic N) is 2. The second-order valence-electron chi connectivity index (χ2n) is 13.6. The Hall–Kier alpha value is -3.12. The lowest BCUT2D eigenvalue weighted by Crippen LogP contribution is -2.56. The highest BCUT2D eigenvalue weighted by Gasteiger charge is 2.58.